The van der Waals surface area contributed by atoms with Gasteiger partial charge in [-0.3, -0.25) is 9.35 Å². The van der Waals surface area contributed by atoms with E-state index in [1.54, 1.807) is 43.3 Å². The third-order valence-electron chi connectivity index (χ3n) is 4.73. The molecule has 3 aromatic carbocycles. The summed E-state index contributed by atoms with van der Waals surface area (Å²) in [6.07, 6.45) is 0.257. The number of aryl methyl sites for hydroxylation is 1. The minimum absolute atomic E-state index is 0.0666. The molecule has 0 unspecified atom stereocenters. The number of hydrogen-bond donors (Lipinski definition) is 3. The van der Waals surface area contributed by atoms with E-state index in [4.69, 9.17) is 38.8 Å². The number of nitrogens with zero attached hydrogens (tertiary/aromatic N) is 1. The Morgan fingerprint density at radius 1 is 1.11 bits per heavy atom. The maximum atomic E-state index is 13.4. The van der Waals surface area contributed by atoms with E-state index in [9.17, 15) is 17.6 Å². The Morgan fingerprint density at radius 3 is 2.09 bits per heavy atom. The van der Waals surface area contributed by atoms with Crippen LogP contribution in [0.25, 0.3) is 0 Å². The Hall–Kier alpha value is -3.00. The molecule has 0 fully saturated rings. The van der Waals surface area contributed by atoms with E-state index >= 15 is 0 Å². The largest absolute Gasteiger partial charge is 0.324 e. The van der Waals surface area contributed by atoms with E-state index in [2.05, 4.69) is 5.32 Å². The van der Waals surface area contributed by atoms with Crippen molar-refractivity contribution < 1.29 is 22.2 Å². The average molecular weight is 538 g/mol. The summed E-state index contributed by atoms with van der Waals surface area (Å²) in [4.78, 5) is 12.3. The van der Waals surface area contributed by atoms with Crippen molar-refractivity contribution >= 4 is 44.9 Å². The summed E-state index contributed by atoms with van der Waals surface area (Å²) in [6, 6.07) is 17.3. The first kappa shape index (κ1) is 28.2. The highest BCUT2D eigenvalue weighted by Crippen LogP contribution is 2.28. The van der Waals surface area contributed by atoms with Crippen LogP contribution >= 0.6 is 23.2 Å². The number of nitriles is 1. The zero-order chi connectivity index (χ0) is 26.4. The summed E-state index contributed by atoms with van der Waals surface area (Å²) < 4.78 is 43.0. The van der Waals surface area contributed by atoms with Crippen LogP contribution in [-0.2, 0) is 21.3 Å². The quantitative estimate of drug-likeness (QED) is 0.304. The SMILES string of the molecule is C[C@@](N)(Cc1ccc(C#N)cc1)C(=O)Nc1cc(Cl)c(F)c(Cl)c1.Cc1ccc(S(=O)(=O)O)cc1. The van der Waals surface area contributed by atoms with Gasteiger partial charge in [-0.25, -0.2) is 4.39 Å². The van der Waals surface area contributed by atoms with Crippen LogP contribution in [0.15, 0.2) is 65.6 Å². The van der Waals surface area contributed by atoms with Crippen LogP contribution in [0.2, 0.25) is 10.0 Å². The maximum absolute atomic E-state index is 13.4. The van der Waals surface area contributed by atoms with Gasteiger partial charge in [0.2, 0.25) is 5.91 Å². The van der Waals surface area contributed by atoms with E-state index in [0.29, 0.717) is 5.56 Å². The van der Waals surface area contributed by atoms with E-state index in [0.717, 1.165) is 11.1 Å². The maximum Gasteiger partial charge on any atom is 0.294 e. The molecule has 1 amide bonds. The van der Waals surface area contributed by atoms with Gasteiger partial charge in [0.05, 0.1) is 32.1 Å². The molecule has 0 aromatic heterocycles. The zero-order valence-corrected chi connectivity index (χ0v) is 21.0. The second kappa shape index (κ2) is 11.6. The lowest BCUT2D eigenvalue weighted by Gasteiger charge is -2.24. The average Bonchev–Trinajstić information content (AvgIpc) is 2.78. The number of hydrogen-bond acceptors (Lipinski definition) is 5. The number of nitrogens with two attached hydrogens (primary N) is 1. The topological polar surface area (TPSA) is 133 Å². The Kier molecular flexibility index (Phi) is 9.38. The minimum atomic E-state index is -4.02. The van der Waals surface area contributed by atoms with Crippen molar-refractivity contribution in [1.29, 1.82) is 5.26 Å². The summed E-state index contributed by atoms with van der Waals surface area (Å²) in [5.74, 6) is -1.21. The van der Waals surface area contributed by atoms with Crippen molar-refractivity contribution in [3.63, 3.8) is 0 Å². The monoisotopic (exact) mass is 537 g/mol. The van der Waals surface area contributed by atoms with Crippen molar-refractivity contribution in [3.8, 4) is 6.07 Å². The van der Waals surface area contributed by atoms with Crippen molar-refractivity contribution in [2.75, 3.05) is 5.32 Å². The molecule has 11 heteroatoms. The summed E-state index contributed by atoms with van der Waals surface area (Å²) >= 11 is 11.4. The fourth-order valence-electron chi connectivity index (χ4n) is 2.81. The van der Waals surface area contributed by atoms with Gasteiger partial charge in [-0.15, -0.1) is 0 Å². The minimum Gasteiger partial charge on any atom is -0.324 e. The number of carbonyl (C=O) groups is 1. The van der Waals surface area contributed by atoms with Gasteiger partial charge >= 0.3 is 0 Å². The lowest BCUT2D eigenvalue weighted by molar-refractivity contribution is -0.120. The van der Waals surface area contributed by atoms with Gasteiger partial charge in [0.1, 0.15) is 0 Å². The van der Waals surface area contributed by atoms with E-state index in [1.807, 2.05) is 13.0 Å². The normalized spacial score (nSPS) is 12.5. The van der Waals surface area contributed by atoms with Gasteiger partial charge in [-0.2, -0.15) is 13.7 Å². The number of nitrogens with one attached hydrogen (secondary N) is 1. The van der Waals surface area contributed by atoms with Gasteiger partial charge in [0, 0.05) is 5.69 Å². The highest BCUT2D eigenvalue weighted by molar-refractivity contribution is 7.85. The first-order valence-corrected chi connectivity index (χ1v) is 12.2. The Balaban J connectivity index is 0.000000328. The fraction of sp³-hybridized carbons (Fsp3) is 0.167. The first-order chi connectivity index (χ1) is 16.2. The van der Waals surface area contributed by atoms with Crippen LogP contribution in [0.1, 0.15) is 23.6 Å². The summed E-state index contributed by atoms with van der Waals surface area (Å²) in [6.45, 7) is 3.42. The molecule has 4 N–H and O–H groups in total. The second-order valence-corrected chi connectivity index (χ2v) is 10.1. The Bertz CT molecular complexity index is 1330. The molecular weight excluding hydrogens is 516 g/mol. The molecule has 184 valence electrons. The number of rotatable bonds is 5. The number of anilines is 1. The number of halogens is 3. The van der Waals surface area contributed by atoms with Crippen LogP contribution < -0.4 is 11.1 Å². The number of amides is 1. The van der Waals surface area contributed by atoms with E-state index in [-0.39, 0.29) is 27.0 Å². The molecule has 0 radical (unpaired) electrons. The highest BCUT2D eigenvalue weighted by atomic mass is 35.5. The lowest BCUT2D eigenvalue weighted by atomic mass is 9.92. The van der Waals surface area contributed by atoms with Gasteiger partial charge < -0.3 is 11.1 Å². The van der Waals surface area contributed by atoms with E-state index < -0.39 is 27.4 Å². The van der Waals surface area contributed by atoms with Gasteiger partial charge in [0.25, 0.3) is 10.1 Å². The molecule has 0 aliphatic carbocycles. The fourth-order valence-corrected chi connectivity index (χ4v) is 3.78. The standard InChI is InChI=1S/C17H14Cl2FN3O.C7H8O3S/c1-17(22,8-10-2-4-11(9-21)5-3-10)16(24)23-12-6-13(18)15(20)14(19)7-12;1-6-2-4-7(5-3-6)11(8,9)10/h2-7H,8,22H2,1H3,(H,23,24);2-5H,1H3,(H,8,9,10)/t17-;/m1./s1. The Labute approximate surface area is 213 Å². The predicted molar refractivity (Wildman–Crippen MR) is 133 cm³/mol. The van der Waals surface area contributed by atoms with Crippen molar-refractivity contribution in [2.45, 2.75) is 30.7 Å². The zero-order valence-electron chi connectivity index (χ0n) is 18.7. The van der Waals surface area contributed by atoms with Gasteiger partial charge in [0.15, 0.2) is 5.82 Å². The molecule has 0 aliphatic heterocycles. The molecule has 0 saturated heterocycles. The molecule has 1 atom stereocenters. The van der Waals surface area contributed by atoms with Crippen LogP contribution in [0.4, 0.5) is 10.1 Å². The van der Waals surface area contributed by atoms with Crippen molar-refractivity contribution in [3.05, 3.63) is 93.2 Å². The first-order valence-electron chi connectivity index (χ1n) is 10.0. The molecule has 3 rings (SSSR count). The summed E-state index contributed by atoms with van der Waals surface area (Å²) in [7, 11) is -4.02. The molecule has 7 nitrogen and oxygen atoms in total. The summed E-state index contributed by atoms with van der Waals surface area (Å²) in [5.41, 5.74) is 7.43. The van der Waals surface area contributed by atoms with Crippen LogP contribution in [-0.4, -0.2) is 24.4 Å². The second-order valence-electron chi connectivity index (χ2n) is 7.90. The van der Waals surface area contributed by atoms with E-state index in [1.165, 1.54) is 24.3 Å². The lowest BCUT2D eigenvalue weighted by Crippen LogP contribution is -2.50. The molecule has 35 heavy (non-hydrogen) atoms. The van der Waals surface area contributed by atoms with Crippen molar-refractivity contribution in [2.24, 2.45) is 5.73 Å². The van der Waals surface area contributed by atoms with Crippen LogP contribution in [0.3, 0.4) is 0 Å². The molecule has 0 spiro atoms. The molecule has 0 heterocycles. The molecular formula is C24H22Cl2FN3O4S. The number of benzene rings is 3. The third kappa shape index (κ3) is 8.31. The van der Waals surface area contributed by atoms with Gasteiger partial charge in [-0.05, 0) is 62.2 Å². The smallest absolute Gasteiger partial charge is 0.294 e. The predicted octanol–water partition coefficient (Wildman–Crippen LogP) is 5.14. The van der Waals surface area contributed by atoms with Crippen LogP contribution in [0, 0.1) is 24.1 Å². The Morgan fingerprint density at radius 2 is 1.63 bits per heavy atom. The van der Waals surface area contributed by atoms with Crippen molar-refractivity contribution in [1.82, 2.24) is 0 Å². The molecule has 0 saturated carbocycles. The molecule has 0 aliphatic rings. The van der Waals surface area contributed by atoms with Gasteiger partial charge in [-0.1, -0.05) is 53.0 Å². The third-order valence-corrected chi connectivity index (χ3v) is 6.15. The molecule has 3 aromatic rings. The highest BCUT2D eigenvalue weighted by Gasteiger charge is 2.29. The molecule has 0 bridgehead atoms. The summed E-state index contributed by atoms with van der Waals surface area (Å²) in [5, 5.41) is 11.0. The number of carbonyl (C=O) groups excluding carboxylic acids is 1. The van der Waals surface area contributed by atoms with Crippen LogP contribution in [0.5, 0.6) is 0 Å².